The molecule has 1 aromatic heterocycles. The van der Waals surface area contributed by atoms with Crippen molar-refractivity contribution in [2.24, 2.45) is 5.92 Å². The fourth-order valence-electron chi connectivity index (χ4n) is 3.33. The molecule has 2 heterocycles. The topological polar surface area (TPSA) is 24.9 Å². The third-order valence-corrected chi connectivity index (χ3v) is 4.47. The number of nitrogens with zero attached hydrogens (tertiary/aromatic N) is 1. The van der Waals surface area contributed by atoms with E-state index in [9.17, 15) is 0 Å². The first-order valence-corrected chi connectivity index (χ1v) is 6.37. The summed E-state index contributed by atoms with van der Waals surface area (Å²) in [5.74, 6) is 0.873. The molecular formula is C15H16N2. The first-order valence-electron chi connectivity index (χ1n) is 6.37. The molecule has 2 nitrogen and oxygen atoms in total. The highest BCUT2D eigenvalue weighted by Crippen LogP contribution is 2.56. The van der Waals surface area contributed by atoms with Gasteiger partial charge in [-0.15, -0.1) is 0 Å². The summed E-state index contributed by atoms with van der Waals surface area (Å²) >= 11 is 0. The summed E-state index contributed by atoms with van der Waals surface area (Å²) in [5, 5.41) is 4.78. The van der Waals surface area contributed by atoms with Gasteiger partial charge in [-0.05, 0) is 49.6 Å². The predicted octanol–water partition coefficient (Wildman–Crippen LogP) is 2.40. The van der Waals surface area contributed by atoms with E-state index in [0.717, 1.165) is 23.7 Å². The minimum Gasteiger partial charge on any atom is -0.316 e. The molecule has 17 heavy (non-hydrogen) atoms. The highest BCUT2D eigenvalue weighted by Gasteiger charge is 2.57. The Balaban J connectivity index is 1.85. The maximum Gasteiger partial charge on any atom is 0.0705 e. The molecule has 86 valence electrons. The van der Waals surface area contributed by atoms with Gasteiger partial charge in [0.05, 0.1) is 5.52 Å². The van der Waals surface area contributed by atoms with Gasteiger partial charge in [0.15, 0.2) is 0 Å². The second-order valence-electron chi connectivity index (χ2n) is 5.55. The van der Waals surface area contributed by atoms with Gasteiger partial charge in [-0.25, -0.2) is 0 Å². The van der Waals surface area contributed by atoms with Crippen molar-refractivity contribution in [3.05, 3.63) is 41.6 Å². The largest absolute Gasteiger partial charge is 0.316 e. The second kappa shape index (κ2) is 3.08. The average molecular weight is 224 g/mol. The lowest BCUT2D eigenvalue weighted by atomic mass is 9.94. The molecule has 2 heteroatoms. The minimum absolute atomic E-state index is 0.457. The number of pyridine rings is 1. The van der Waals surface area contributed by atoms with Gasteiger partial charge in [0.2, 0.25) is 0 Å². The number of benzene rings is 1. The molecule has 2 atom stereocenters. The van der Waals surface area contributed by atoms with Crippen LogP contribution >= 0.6 is 0 Å². The normalized spacial score (nSPS) is 30.5. The van der Waals surface area contributed by atoms with Crippen LogP contribution in [0.2, 0.25) is 0 Å². The van der Waals surface area contributed by atoms with E-state index in [2.05, 4.69) is 40.6 Å². The summed E-state index contributed by atoms with van der Waals surface area (Å²) < 4.78 is 0. The number of aryl methyl sites for hydroxylation is 1. The number of fused-ring (bicyclic) bond motifs is 2. The van der Waals surface area contributed by atoms with Crippen molar-refractivity contribution in [3.8, 4) is 0 Å². The minimum atomic E-state index is 0.457. The van der Waals surface area contributed by atoms with Gasteiger partial charge < -0.3 is 5.32 Å². The summed E-state index contributed by atoms with van der Waals surface area (Å²) in [6.45, 7) is 4.40. The van der Waals surface area contributed by atoms with Crippen LogP contribution in [0.1, 0.15) is 17.7 Å². The lowest BCUT2D eigenvalue weighted by Crippen LogP contribution is -2.19. The second-order valence-corrected chi connectivity index (χ2v) is 5.55. The highest BCUT2D eigenvalue weighted by molar-refractivity contribution is 5.80. The Hall–Kier alpha value is -1.41. The molecule has 1 aromatic carbocycles. The quantitative estimate of drug-likeness (QED) is 0.804. The van der Waals surface area contributed by atoms with E-state index >= 15 is 0 Å². The molecular weight excluding hydrogens is 208 g/mol. The van der Waals surface area contributed by atoms with Crippen molar-refractivity contribution in [1.82, 2.24) is 10.3 Å². The van der Waals surface area contributed by atoms with Crippen LogP contribution in [0, 0.1) is 12.8 Å². The Morgan fingerprint density at radius 3 is 3.00 bits per heavy atom. The molecule has 0 spiro atoms. The zero-order chi connectivity index (χ0) is 11.5. The molecule has 1 saturated heterocycles. The lowest BCUT2D eigenvalue weighted by molar-refractivity contribution is 0.676. The summed E-state index contributed by atoms with van der Waals surface area (Å²) in [4.78, 5) is 4.56. The molecule has 0 radical (unpaired) electrons. The molecule has 0 bridgehead atoms. The van der Waals surface area contributed by atoms with Crippen LogP contribution in [-0.4, -0.2) is 18.1 Å². The first-order chi connectivity index (χ1) is 8.28. The van der Waals surface area contributed by atoms with Gasteiger partial charge in [-0.3, -0.25) is 4.98 Å². The fourth-order valence-corrected chi connectivity index (χ4v) is 3.33. The molecule has 2 aliphatic rings. The van der Waals surface area contributed by atoms with Gasteiger partial charge in [-0.2, -0.15) is 0 Å². The van der Waals surface area contributed by atoms with E-state index in [4.69, 9.17) is 0 Å². The third-order valence-electron chi connectivity index (χ3n) is 4.47. The molecule has 0 amide bonds. The molecule has 4 rings (SSSR count). The number of hydrogen-bond acceptors (Lipinski definition) is 2. The Kier molecular flexibility index (Phi) is 1.74. The summed E-state index contributed by atoms with van der Waals surface area (Å²) in [6, 6.07) is 11.1. The highest BCUT2D eigenvalue weighted by atomic mass is 15.0. The molecule has 2 fully saturated rings. The van der Waals surface area contributed by atoms with Gasteiger partial charge in [0.25, 0.3) is 0 Å². The van der Waals surface area contributed by atoms with Crippen LogP contribution in [0.5, 0.6) is 0 Å². The average Bonchev–Trinajstić information content (AvgIpc) is 2.91. The van der Waals surface area contributed by atoms with E-state index in [-0.39, 0.29) is 0 Å². The van der Waals surface area contributed by atoms with Gasteiger partial charge in [-0.1, -0.05) is 12.1 Å². The zero-order valence-corrected chi connectivity index (χ0v) is 10.0. The number of aromatic nitrogens is 1. The number of rotatable bonds is 1. The Labute approximate surface area is 101 Å². The van der Waals surface area contributed by atoms with E-state index < -0.39 is 0 Å². The number of nitrogens with one attached hydrogen (secondary N) is 1. The van der Waals surface area contributed by atoms with Crippen LogP contribution in [0.25, 0.3) is 10.9 Å². The molecule has 1 aliphatic carbocycles. The standard InChI is InChI=1S/C15H16N2/c1-10-2-3-11-6-12(4-5-14(11)17-10)15-7-13(15)8-16-9-15/h2-6,13,16H,7-9H2,1H3/t13-,15?/m1/s1. The van der Waals surface area contributed by atoms with Crippen molar-refractivity contribution >= 4 is 10.9 Å². The lowest BCUT2D eigenvalue weighted by Gasteiger charge is -2.13. The zero-order valence-electron chi connectivity index (χ0n) is 10.0. The van der Waals surface area contributed by atoms with E-state index in [0.29, 0.717) is 5.41 Å². The van der Waals surface area contributed by atoms with E-state index in [1.165, 1.54) is 23.9 Å². The van der Waals surface area contributed by atoms with Crippen LogP contribution in [0.3, 0.4) is 0 Å². The predicted molar refractivity (Wildman–Crippen MR) is 69.1 cm³/mol. The van der Waals surface area contributed by atoms with Crippen LogP contribution < -0.4 is 5.32 Å². The first kappa shape index (κ1) is 9.60. The summed E-state index contributed by atoms with van der Waals surface area (Å²) in [7, 11) is 0. The van der Waals surface area contributed by atoms with Crippen molar-refractivity contribution in [2.45, 2.75) is 18.8 Å². The van der Waals surface area contributed by atoms with Gasteiger partial charge in [0, 0.05) is 23.0 Å². The fraction of sp³-hybridized carbons (Fsp3) is 0.400. The van der Waals surface area contributed by atoms with Crippen LogP contribution in [0.15, 0.2) is 30.3 Å². The van der Waals surface area contributed by atoms with Crippen LogP contribution in [0.4, 0.5) is 0 Å². The van der Waals surface area contributed by atoms with Crippen molar-refractivity contribution < 1.29 is 0 Å². The number of hydrogen-bond donors (Lipinski definition) is 1. The Morgan fingerprint density at radius 2 is 2.24 bits per heavy atom. The molecule has 1 N–H and O–H groups in total. The maximum atomic E-state index is 4.56. The SMILES string of the molecule is Cc1ccc2cc(C34CNC[C@H]3C4)ccc2n1. The van der Waals surface area contributed by atoms with Crippen molar-refractivity contribution in [2.75, 3.05) is 13.1 Å². The molecule has 1 saturated carbocycles. The maximum absolute atomic E-state index is 4.56. The van der Waals surface area contributed by atoms with Crippen molar-refractivity contribution in [1.29, 1.82) is 0 Å². The summed E-state index contributed by atoms with van der Waals surface area (Å²) in [6.07, 6.45) is 1.37. The molecule has 2 aromatic rings. The Bertz CT molecular complexity index is 605. The van der Waals surface area contributed by atoms with Crippen LogP contribution in [-0.2, 0) is 5.41 Å². The monoisotopic (exact) mass is 224 g/mol. The molecule has 1 aliphatic heterocycles. The van der Waals surface area contributed by atoms with E-state index in [1.807, 2.05) is 6.92 Å². The van der Waals surface area contributed by atoms with E-state index in [1.54, 1.807) is 0 Å². The van der Waals surface area contributed by atoms with Gasteiger partial charge in [0.1, 0.15) is 0 Å². The van der Waals surface area contributed by atoms with Gasteiger partial charge >= 0.3 is 0 Å². The smallest absolute Gasteiger partial charge is 0.0705 e. The summed E-state index contributed by atoms with van der Waals surface area (Å²) in [5.41, 5.74) is 4.17. The molecule has 1 unspecified atom stereocenters. The number of piperidine rings is 1. The third kappa shape index (κ3) is 1.27. The Morgan fingerprint density at radius 1 is 1.29 bits per heavy atom. The van der Waals surface area contributed by atoms with Crippen molar-refractivity contribution in [3.63, 3.8) is 0 Å².